The number of ketones is 2. The topological polar surface area (TPSA) is 206 Å². The first kappa shape index (κ1) is 30.0. The fraction of sp³-hybridized carbons (Fsp3) is 0.500. The average Bonchev–Trinajstić information content (AvgIpc) is 2.88. The van der Waals surface area contributed by atoms with Crippen LogP contribution < -0.4 is 21.3 Å². The third-order valence-electron chi connectivity index (χ3n) is 8.27. The number of Topliss-reactive ketones (excluding diaryl/α,β-unsaturated/α-hetero) is 2. The Morgan fingerprint density at radius 1 is 1.15 bits per heavy atom. The molecule has 3 aliphatic carbocycles. The largest absolute Gasteiger partial charge is 0.510 e. The number of anilines is 1. The third kappa shape index (κ3) is 4.63. The van der Waals surface area contributed by atoms with Crippen LogP contribution in [0.1, 0.15) is 34.8 Å². The molecular weight excluding hydrogens is 534 g/mol. The van der Waals surface area contributed by atoms with Crippen molar-refractivity contribution in [3.05, 3.63) is 45.4 Å². The van der Waals surface area contributed by atoms with Crippen LogP contribution in [0.3, 0.4) is 0 Å². The number of primary amides is 1. The predicted molar refractivity (Wildman–Crippen MR) is 148 cm³/mol. The van der Waals surface area contributed by atoms with Gasteiger partial charge in [-0.1, -0.05) is 6.92 Å². The molecule has 13 nitrogen and oxygen atoms in total. The monoisotopic (exact) mass is 571 g/mol. The number of nitrogens with zero attached hydrogens (tertiary/aromatic N) is 2. The van der Waals surface area contributed by atoms with Gasteiger partial charge in [0.2, 0.25) is 11.7 Å². The van der Waals surface area contributed by atoms with Crippen LogP contribution in [0.4, 0.5) is 5.69 Å². The lowest BCUT2D eigenvalue weighted by Gasteiger charge is -2.50. The molecule has 1 aromatic carbocycles. The van der Waals surface area contributed by atoms with Crippen LogP contribution in [0.2, 0.25) is 0 Å². The van der Waals surface area contributed by atoms with E-state index in [9.17, 15) is 39.6 Å². The summed E-state index contributed by atoms with van der Waals surface area (Å²) in [6.07, 6.45) is 0.171. The Bertz CT molecular complexity index is 1400. The number of benzene rings is 1. The average molecular weight is 572 g/mol. The van der Waals surface area contributed by atoms with Crippen molar-refractivity contribution in [2.75, 3.05) is 46.2 Å². The van der Waals surface area contributed by atoms with Crippen LogP contribution in [0, 0.1) is 11.8 Å². The lowest BCUT2D eigenvalue weighted by molar-refractivity contribution is -0.148. The predicted octanol–water partition coefficient (Wildman–Crippen LogP) is -0.588. The van der Waals surface area contributed by atoms with E-state index < -0.39 is 58.0 Å². The Kier molecular flexibility index (Phi) is 7.91. The highest BCUT2D eigenvalue weighted by Crippen LogP contribution is 2.53. The summed E-state index contributed by atoms with van der Waals surface area (Å²) in [4.78, 5) is 55.1. The summed E-state index contributed by atoms with van der Waals surface area (Å²) in [6, 6.07) is 0.624. The number of phenolic OH excluding ortho intramolecular Hbond substituents is 1. The van der Waals surface area contributed by atoms with Crippen molar-refractivity contribution in [2.45, 2.75) is 38.0 Å². The summed E-state index contributed by atoms with van der Waals surface area (Å²) in [7, 11) is 6.69. The maximum absolute atomic E-state index is 14.0. The highest BCUT2D eigenvalue weighted by atomic mass is 16.3. The second-order valence-electron chi connectivity index (χ2n) is 11.2. The molecule has 0 bridgehead atoms. The Morgan fingerprint density at radius 2 is 1.80 bits per heavy atom. The van der Waals surface area contributed by atoms with Crippen LogP contribution in [-0.4, -0.2) is 102 Å². The molecule has 8 N–H and O–H groups in total. The molecule has 0 fully saturated rings. The van der Waals surface area contributed by atoms with Gasteiger partial charge in [0, 0.05) is 43.4 Å². The Hall–Kier alpha value is -3.94. The van der Waals surface area contributed by atoms with E-state index in [1.54, 1.807) is 39.2 Å². The molecule has 2 amide bonds. The molecule has 13 heteroatoms. The molecule has 0 aromatic heterocycles. The quantitative estimate of drug-likeness (QED) is 0.196. The van der Waals surface area contributed by atoms with Crippen LogP contribution in [0.5, 0.6) is 5.75 Å². The summed E-state index contributed by atoms with van der Waals surface area (Å²) in [5.74, 6) is -7.36. The van der Waals surface area contributed by atoms with Crippen molar-refractivity contribution < 1.29 is 39.6 Å². The number of nitrogens with two attached hydrogens (primary N) is 1. The Morgan fingerprint density at radius 3 is 2.37 bits per heavy atom. The van der Waals surface area contributed by atoms with Crippen molar-refractivity contribution in [3.63, 3.8) is 0 Å². The number of likely N-dealkylation sites (N-methyl/N-ethyl adjacent to an activating group) is 2. The molecule has 0 aliphatic heterocycles. The zero-order valence-corrected chi connectivity index (χ0v) is 23.7. The summed E-state index contributed by atoms with van der Waals surface area (Å²) in [5, 5.41) is 50.9. The van der Waals surface area contributed by atoms with Crippen LogP contribution >= 0.6 is 0 Å². The maximum atomic E-state index is 14.0. The van der Waals surface area contributed by atoms with Gasteiger partial charge >= 0.3 is 0 Å². The van der Waals surface area contributed by atoms with Gasteiger partial charge in [0.05, 0.1) is 18.2 Å². The van der Waals surface area contributed by atoms with Crippen molar-refractivity contribution >= 4 is 29.1 Å². The number of nitrogens with one attached hydrogen (secondary N) is 2. The molecule has 4 atom stereocenters. The molecule has 41 heavy (non-hydrogen) atoms. The number of carbonyl (C=O) groups is 4. The smallest absolute Gasteiger partial charge is 0.255 e. The molecular formula is C28H37N5O8. The number of aromatic hydroxyl groups is 1. The highest BCUT2D eigenvalue weighted by molar-refractivity contribution is 6.25. The number of rotatable bonds is 8. The number of amides is 2. The molecule has 0 radical (unpaired) electrons. The van der Waals surface area contributed by atoms with Gasteiger partial charge in [-0.15, -0.1) is 0 Å². The van der Waals surface area contributed by atoms with Crippen molar-refractivity contribution in [1.29, 1.82) is 0 Å². The van der Waals surface area contributed by atoms with E-state index in [2.05, 4.69) is 10.6 Å². The number of hydrogen-bond donors (Lipinski definition) is 7. The Balaban J connectivity index is 1.87. The number of hydrogen-bond acceptors (Lipinski definition) is 11. The van der Waals surface area contributed by atoms with Gasteiger partial charge in [0.15, 0.2) is 11.4 Å². The van der Waals surface area contributed by atoms with E-state index >= 15 is 0 Å². The molecule has 4 unspecified atom stereocenters. The van der Waals surface area contributed by atoms with Crippen molar-refractivity contribution in [3.8, 4) is 5.75 Å². The number of aliphatic hydroxyl groups is 3. The van der Waals surface area contributed by atoms with Crippen LogP contribution in [0.15, 0.2) is 28.7 Å². The summed E-state index contributed by atoms with van der Waals surface area (Å²) in [5.41, 5.74) is 2.86. The van der Waals surface area contributed by atoms with E-state index in [1.807, 2.05) is 6.92 Å². The summed E-state index contributed by atoms with van der Waals surface area (Å²) in [6.45, 7) is 2.45. The van der Waals surface area contributed by atoms with Gasteiger partial charge in [-0.3, -0.25) is 24.1 Å². The second-order valence-corrected chi connectivity index (χ2v) is 11.2. The first-order valence-corrected chi connectivity index (χ1v) is 13.4. The minimum atomic E-state index is -2.71. The number of fused-ring (bicyclic) bond motifs is 3. The van der Waals surface area contributed by atoms with Crippen molar-refractivity contribution in [2.24, 2.45) is 17.6 Å². The number of phenols is 1. The van der Waals surface area contributed by atoms with E-state index in [0.29, 0.717) is 17.8 Å². The second kappa shape index (κ2) is 10.8. The van der Waals surface area contributed by atoms with Gasteiger partial charge in [-0.25, -0.2) is 0 Å². The van der Waals surface area contributed by atoms with E-state index in [4.69, 9.17) is 5.73 Å². The number of aliphatic hydroxyl groups excluding tert-OH is 2. The minimum absolute atomic E-state index is 0.00162. The lowest BCUT2D eigenvalue weighted by atomic mass is 9.58. The summed E-state index contributed by atoms with van der Waals surface area (Å²) >= 11 is 0. The Labute approximate surface area is 237 Å². The highest BCUT2D eigenvalue weighted by Gasteiger charge is 2.63. The first-order valence-electron chi connectivity index (χ1n) is 13.4. The van der Waals surface area contributed by atoms with Crippen molar-refractivity contribution in [1.82, 2.24) is 15.5 Å². The van der Waals surface area contributed by atoms with E-state index in [-0.39, 0.29) is 54.3 Å². The van der Waals surface area contributed by atoms with Gasteiger partial charge in [0.25, 0.3) is 5.91 Å². The van der Waals surface area contributed by atoms with Gasteiger partial charge < -0.3 is 41.7 Å². The van der Waals surface area contributed by atoms with E-state index in [1.165, 1.54) is 4.90 Å². The molecule has 222 valence electrons. The first-order chi connectivity index (χ1) is 19.2. The van der Waals surface area contributed by atoms with Gasteiger partial charge in [-0.2, -0.15) is 0 Å². The van der Waals surface area contributed by atoms with Gasteiger partial charge in [-0.05, 0) is 51.0 Å². The fourth-order valence-corrected chi connectivity index (χ4v) is 6.38. The van der Waals surface area contributed by atoms with E-state index in [0.717, 1.165) is 0 Å². The molecule has 0 heterocycles. The lowest BCUT2D eigenvalue weighted by Crippen LogP contribution is -2.63. The van der Waals surface area contributed by atoms with Crippen LogP contribution in [-0.2, 0) is 27.3 Å². The van der Waals surface area contributed by atoms with Gasteiger partial charge in [0.1, 0.15) is 22.8 Å². The number of allylic oxidation sites excluding steroid dienone is 1. The molecule has 1 aromatic rings. The zero-order chi connectivity index (χ0) is 30.5. The minimum Gasteiger partial charge on any atom is -0.510 e. The zero-order valence-electron chi connectivity index (χ0n) is 23.7. The third-order valence-corrected chi connectivity index (χ3v) is 8.27. The fourth-order valence-electron chi connectivity index (χ4n) is 6.38. The normalized spacial score (nSPS) is 25.6. The SMILES string of the molecule is CCNCC(=O)NCc1cc(N(C)C)c2c(c1O)C(=O)C1=C(O)C3(O)C(=O)C(C(N)=O)=C(O)C(N(C)C)C3CC1C2. The van der Waals surface area contributed by atoms with Crippen LogP contribution in [0.25, 0.3) is 0 Å². The standard InChI is InChI=1S/C28H37N5O8/c1-6-30-11-17(34)31-10-13-9-16(32(2)3)14-7-12-8-15-21(33(4)5)24(37)20(27(29)40)26(39)28(15,41)25(38)18(12)23(36)19(14)22(13)35/h9,12,15,21,30,35,37-38,41H,6-8,10-11H2,1-5H3,(H2,29,40)(H,31,34). The number of carbonyl (C=O) groups excluding carboxylic acids is 4. The molecule has 0 saturated carbocycles. The maximum Gasteiger partial charge on any atom is 0.255 e. The molecule has 4 rings (SSSR count). The molecule has 3 aliphatic rings. The molecule has 0 saturated heterocycles. The molecule has 0 spiro atoms. The summed E-state index contributed by atoms with van der Waals surface area (Å²) < 4.78 is 0.